The zero-order valence-corrected chi connectivity index (χ0v) is 9.44. The van der Waals surface area contributed by atoms with Crippen LogP contribution in [-0.2, 0) is 4.79 Å². The van der Waals surface area contributed by atoms with E-state index in [4.69, 9.17) is 0 Å². The van der Waals surface area contributed by atoms with Crippen LogP contribution in [-0.4, -0.2) is 23.5 Å². The molecule has 0 radical (unpaired) electrons. The van der Waals surface area contributed by atoms with E-state index in [2.05, 4.69) is 15.6 Å². The predicted octanol–water partition coefficient (Wildman–Crippen LogP) is 1.01. The van der Waals surface area contributed by atoms with Crippen molar-refractivity contribution in [2.24, 2.45) is 0 Å². The van der Waals surface area contributed by atoms with Gasteiger partial charge in [0.05, 0.1) is 6.54 Å². The minimum absolute atomic E-state index is 0.0865. The summed E-state index contributed by atoms with van der Waals surface area (Å²) >= 11 is 0. The molecule has 1 aromatic rings. The average molecular weight is 219 g/mol. The summed E-state index contributed by atoms with van der Waals surface area (Å²) in [5.41, 5.74) is 1.15. The summed E-state index contributed by atoms with van der Waals surface area (Å²) in [6, 6.07) is 4.52. The lowest BCUT2D eigenvalue weighted by Crippen LogP contribution is -2.36. The van der Waals surface area contributed by atoms with Crippen LogP contribution >= 0.6 is 0 Å². The fourth-order valence-corrected chi connectivity index (χ4v) is 1.52. The summed E-state index contributed by atoms with van der Waals surface area (Å²) in [5.74, 6) is 0.0865. The molecule has 1 heterocycles. The predicted molar refractivity (Wildman–Crippen MR) is 61.8 cm³/mol. The van der Waals surface area contributed by atoms with Gasteiger partial charge in [-0.15, -0.1) is 0 Å². The van der Waals surface area contributed by atoms with E-state index in [1.165, 1.54) is 0 Å². The molecule has 4 heteroatoms. The Bertz CT molecular complexity index is 349. The smallest absolute Gasteiger partial charge is 0.234 e. The highest BCUT2D eigenvalue weighted by Gasteiger charge is 2.23. The van der Waals surface area contributed by atoms with Gasteiger partial charge in [0.15, 0.2) is 0 Å². The molecule has 4 nitrogen and oxygen atoms in total. The van der Waals surface area contributed by atoms with Gasteiger partial charge in [-0.2, -0.15) is 0 Å². The van der Waals surface area contributed by atoms with Gasteiger partial charge < -0.3 is 10.6 Å². The molecule has 16 heavy (non-hydrogen) atoms. The Hall–Kier alpha value is -1.42. The fraction of sp³-hybridized carbons (Fsp3) is 0.500. The normalized spacial score (nSPS) is 16.8. The van der Waals surface area contributed by atoms with Gasteiger partial charge in [-0.3, -0.25) is 9.78 Å². The van der Waals surface area contributed by atoms with E-state index in [9.17, 15) is 4.79 Å². The number of carbonyl (C=O) groups excluding carboxylic acids is 1. The highest BCUT2D eigenvalue weighted by atomic mass is 16.2. The molecule has 0 saturated heterocycles. The third-order valence-electron chi connectivity index (χ3n) is 2.72. The van der Waals surface area contributed by atoms with Crippen molar-refractivity contribution < 1.29 is 4.79 Å². The SMILES string of the molecule is CC(NCC(=O)NC1CC1)c1ccncc1. The van der Waals surface area contributed by atoms with E-state index in [0.717, 1.165) is 18.4 Å². The van der Waals surface area contributed by atoms with Crippen molar-refractivity contribution >= 4 is 5.91 Å². The molecule has 2 N–H and O–H groups in total. The van der Waals surface area contributed by atoms with Gasteiger partial charge >= 0.3 is 0 Å². The van der Waals surface area contributed by atoms with Crippen LogP contribution in [0.3, 0.4) is 0 Å². The van der Waals surface area contributed by atoms with E-state index >= 15 is 0 Å². The second-order valence-corrected chi connectivity index (χ2v) is 4.22. The average Bonchev–Trinajstić information content (AvgIpc) is 3.11. The van der Waals surface area contributed by atoms with Crippen molar-refractivity contribution in [1.82, 2.24) is 15.6 Å². The van der Waals surface area contributed by atoms with Crippen LogP contribution in [0, 0.1) is 0 Å². The van der Waals surface area contributed by atoms with Crippen LogP contribution in [0.1, 0.15) is 31.4 Å². The summed E-state index contributed by atoms with van der Waals surface area (Å²) in [7, 11) is 0. The number of hydrogen-bond donors (Lipinski definition) is 2. The molecule has 1 unspecified atom stereocenters. The first kappa shape index (κ1) is 11.1. The lowest BCUT2D eigenvalue weighted by molar-refractivity contribution is -0.120. The third-order valence-corrected chi connectivity index (χ3v) is 2.72. The number of amides is 1. The van der Waals surface area contributed by atoms with Gasteiger partial charge in [-0.05, 0) is 37.5 Å². The fourth-order valence-electron chi connectivity index (χ4n) is 1.52. The van der Waals surface area contributed by atoms with Crippen LogP contribution < -0.4 is 10.6 Å². The van der Waals surface area contributed by atoms with E-state index < -0.39 is 0 Å². The maximum atomic E-state index is 11.4. The second kappa shape index (κ2) is 5.07. The Morgan fingerprint density at radius 1 is 1.50 bits per heavy atom. The van der Waals surface area contributed by atoms with Crippen LogP contribution in [0.4, 0.5) is 0 Å². The van der Waals surface area contributed by atoms with Gasteiger partial charge in [-0.1, -0.05) is 0 Å². The maximum absolute atomic E-state index is 11.4. The molecular formula is C12H17N3O. The molecule has 0 aromatic carbocycles. The van der Waals surface area contributed by atoms with Gasteiger partial charge in [0.25, 0.3) is 0 Å². The van der Waals surface area contributed by atoms with Crippen LogP contribution in [0.25, 0.3) is 0 Å². The Kier molecular flexibility index (Phi) is 3.51. The Morgan fingerprint density at radius 3 is 2.81 bits per heavy atom. The first-order chi connectivity index (χ1) is 7.75. The van der Waals surface area contributed by atoms with Gasteiger partial charge in [-0.25, -0.2) is 0 Å². The van der Waals surface area contributed by atoms with Gasteiger partial charge in [0.1, 0.15) is 0 Å². The standard InChI is InChI=1S/C12H17N3O/c1-9(10-4-6-13-7-5-10)14-8-12(16)15-11-2-3-11/h4-7,9,11,14H,2-3,8H2,1H3,(H,15,16). The number of aromatic nitrogens is 1. The number of nitrogens with zero attached hydrogens (tertiary/aromatic N) is 1. The van der Waals surface area contributed by atoms with Crippen molar-refractivity contribution in [3.05, 3.63) is 30.1 Å². The van der Waals surface area contributed by atoms with Crippen molar-refractivity contribution in [2.75, 3.05) is 6.54 Å². The van der Waals surface area contributed by atoms with Crippen LogP contribution in [0.5, 0.6) is 0 Å². The number of carbonyl (C=O) groups is 1. The largest absolute Gasteiger partial charge is 0.352 e. The molecular weight excluding hydrogens is 202 g/mol. The molecule has 1 aliphatic carbocycles. The molecule has 1 aromatic heterocycles. The lowest BCUT2D eigenvalue weighted by atomic mass is 10.1. The Balaban J connectivity index is 1.74. The number of nitrogens with one attached hydrogen (secondary N) is 2. The monoisotopic (exact) mass is 219 g/mol. The zero-order valence-electron chi connectivity index (χ0n) is 9.44. The number of hydrogen-bond acceptors (Lipinski definition) is 3. The second-order valence-electron chi connectivity index (χ2n) is 4.22. The topological polar surface area (TPSA) is 54.0 Å². The van der Waals surface area contributed by atoms with Crippen molar-refractivity contribution in [3.8, 4) is 0 Å². The first-order valence-corrected chi connectivity index (χ1v) is 5.68. The quantitative estimate of drug-likeness (QED) is 0.777. The Morgan fingerprint density at radius 2 is 2.19 bits per heavy atom. The lowest BCUT2D eigenvalue weighted by Gasteiger charge is -2.13. The van der Waals surface area contributed by atoms with E-state index in [1.807, 2.05) is 19.1 Å². The zero-order chi connectivity index (χ0) is 11.4. The van der Waals surface area contributed by atoms with Crippen molar-refractivity contribution in [2.45, 2.75) is 31.8 Å². The maximum Gasteiger partial charge on any atom is 0.234 e. The van der Waals surface area contributed by atoms with Crippen molar-refractivity contribution in [3.63, 3.8) is 0 Å². The highest BCUT2D eigenvalue weighted by Crippen LogP contribution is 2.18. The van der Waals surface area contributed by atoms with Crippen LogP contribution in [0.2, 0.25) is 0 Å². The summed E-state index contributed by atoms with van der Waals surface area (Å²) in [5, 5.41) is 6.14. The van der Waals surface area contributed by atoms with E-state index in [0.29, 0.717) is 12.6 Å². The molecule has 0 bridgehead atoms. The third kappa shape index (κ3) is 3.31. The molecule has 2 rings (SSSR count). The minimum atomic E-state index is 0.0865. The summed E-state index contributed by atoms with van der Waals surface area (Å²) in [4.78, 5) is 15.4. The number of rotatable bonds is 5. The number of pyridine rings is 1. The minimum Gasteiger partial charge on any atom is -0.352 e. The molecule has 0 aliphatic heterocycles. The molecule has 1 amide bonds. The van der Waals surface area contributed by atoms with Crippen LogP contribution in [0.15, 0.2) is 24.5 Å². The van der Waals surface area contributed by atoms with E-state index in [-0.39, 0.29) is 11.9 Å². The summed E-state index contributed by atoms with van der Waals surface area (Å²) < 4.78 is 0. The molecule has 86 valence electrons. The molecule has 1 fully saturated rings. The molecule has 1 atom stereocenters. The van der Waals surface area contributed by atoms with E-state index in [1.54, 1.807) is 12.4 Å². The highest BCUT2D eigenvalue weighted by molar-refractivity contribution is 5.78. The first-order valence-electron chi connectivity index (χ1n) is 5.68. The van der Waals surface area contributed by atoms with Crippen molar-refractivity contribution in [1.29, 1.82) is 0 Å². The van der Waals surface area contributed by atoms with Gasteiger partial charge in [0.2, 0.25) is 5.91 Å². The molecule has 1 aliphatic rings. The summed E-state index contributed by atoms with van der Waals surface area (Å²) in [6.07, 6.45) is 5.78. The van der Waals surface area contributed by atoms with Gasteiger partial charge in [0, 0.05) is 24.5 Å². The molecule has 1 saturated carbocycles. The summed E-state index contributed by atoms with van der Waals surface area (Å²) in [6.45, 7) is 2.42. The molecule has 0 spiro atoms. The Labute approximate surface area is 95.5 Å².